The van der Waals surface area contributed by atoms with Crippen molar-refractivity contribution in [3.05, 3.63) is 20.3 Å². The van der Waals surface area contributed by atoms with Crippen LogP contribution in [0.15, 0.2) is 10.5 Å². The van der Waals surface area contributed by atoms with Gasteiger partial charge in [0, 0.05) is 9.35 Å². The maximum absolute atomic E-state index is 11.7. The third-order valence-electron chi connectivity index (χ3n) is 2.83. The molecule has 1 aromatic heterocycles. The van der Waals surface area contributed by atoms with Crippen LogP contribution in [0.5, 0.6) is 0 Å². The van der Waals surface area contributed by atoms with Crippen molar-refractivity contribution in [2.75, 3.05) is 14.2 Å². The minimum absolute atomic E-state index is 0.239. The SMILES string of the molecule is COC(=O)c1cc(Br)c(C2(C(=O)OC)CC2)s1. The van der Waals surface area contributed by atoms with Gasteiger partial charge >= 0.3 is 11.9 Å². The Morgan fingerprint density at radius 3 is 2.47 bits per heavy atom. The molecule has 4 nitrogen and oxygen atoms in total. The average Bonchev–Trinajstić information content (AvgIpc) is 3.05. The highest BCUT2D eigenvalue weighted by molar-refractivity contribution is 9.10. The zero-order chi connectivity index (χ0) is 12.6. The van der Waals surface area contributed by atoms with E-state index in [0.29, 0.717) is 4.88 Å². The maximum atomic E-state index is 11.7. The lowest BCUT2D eigenvalue weighted by molar-refractivity contribution is -0.143. The van der Waals surface area contributed by atoms with Crippen molar-refractivity contribution < 1.29 is 19.1 Å². The molecule has 0 aliphatic heterocycles. The summed E-state index contributed by atoms with van der Waals surface area (Å²) in [6.07, 6.45) is 1.53. The number of rotatable bonds is 3. The molecule has 0 saturated heterocycles. The molecule has 0 aromatic carbocycles. The quantitative estimate of drug-likeness (QED) is 0.803. The Balaban J connectivity index is 2.37. The molecule has 1 aromatic rings. The van der Waals surface area contributed by atoms with Crippen LogP contribution in [0.3, 0.4) is 0 Å². The second kappa shape index (κ2) is 4.42. The number of carbonyl (C=O) groups excluding carboxylic acids is 2. The first-order chi connectivity index (χ1) is 8.05. The monoisotopic (exact) mass is 318 g/mol. The lowest BCUT2D eigenvalue weighted by atomic mass is 10.1. The number of hydrogen-bond donors (Lipinski definition) is 0. The minimum Gasteiger partial charge on any atom is -0.468 e. The van der Waals surface area contributed by atoms with E-state index in [1.54, 1.807) is 6.07 Å². The number of ether oxygens (including phenoxy) is 2. The van der Waals surface area contributed by atoms with Crippen molar-refractivity contribution in [3.8, 4) is 0 Å². The number of hydrogen-bond acceptors (Lipinski definition) is 5. The van der Waals surface area contributed by atoms with Gasteiger partial charge < -0.3 is 9.47 Å². The highest BCUT2D eigenvalue weighted by Crippen LogP contribution is 2.54. The van der Waals surface area contributed by atoms with E-state index >= 15 is 0 Å². The van der Waals surface area contributed by atoms with Gasteiger partial charge in [-0.25, -0.2) is 4.79 Å². The predicted octanol–water partition coefficient (Wildman–Crippen LogP) is 2.50. The van der Waals surface area contributed by atoms with Crippen LogP contribution in [-0.2, 0) is 19.7 Å². The fraction of sp³-hybridized carbons (Fsp3) is 0.455. The van der Waals surface area contributed by atoms with Crippen LogP contribution in [0, 0.1) is 0 Å². The van der Waals surface area contributed by atoms with E-state index in [1.165, 1.54) is 25.6 Å². The Labute approximate surface area is 111 Å². The van der Waals surface area contributed by atoms with Crippen LogP contribution in [0.2, 0.25) is 0 Å². The topological polar surface area (TPSA) is 52.6 Å². The lowest BCUT2D eigenvalue weighted by Crippen LogP contribution is -2.20. The first kappa shape index (κ1) is 12.6. The molecule has 92 valence electrons. The van der Waals surface area contributed by atoms with Gasteiger partial charge in [0.05, 0.1) is 14.2 Å². The molecule has 1 saturated carbocycles. The van der Waals surface area contributed by atoms with Crippen molar-refractivity contribution in [1.82, 2.24) is 0 Å². The summed E-state index contributed by atoms with van der Waals surface area (Å²) in [5.74, 6) is -0.626. The molecule has 1 aliphatic rings. The molecule has 0 bridgehead atoms. The molecule has 2 rings (SSSR count). The normalized spacial score (nSPS) is 16.4. The van der Waals surface area contributed by atoms with Crippen LogP contribution in [0.1, 0.15) is 27.4 Å². The third kappa shape index (κ3) is 1.99. The molecule has 0 unspecified atom stereocenters. The van der Waals surface area contributed by atoms with Crippen molar-refractivity contribution in [3.63, 3.8) is 0 Å². The number of esters is 2. The van der Waals surface area contributed by atoms with E-state index in [2.05, 4.69) is 20.7 Å². The maximum Gasteiger partial charge on any atom is 0.348 e. The van der Waals surface area contributed by atoms with Crippen molar-refractivity contribution in [1.29, 1.82) is 0 Å². The van der Waals surface area contributed by atoms with Gasteiger partial charge in [-0.3, -0.25) is 4.79 Å². The first-order valence-electron chi connectivity index (χ1n) is 5.01. The molecule has 0 amide bonds. The van der Waals surface area contributed by atoms with E-state index in [1.807, 2.05) is 0 Å². The fourth-order valence-corrected chi connectivity index (χ4v) is 3.95. The highest BCUT2D eigenvalue weighted by atomic mass is 79.9. The van der Waals surface area contributed by atoms with Crippen LogP contribution in [0.4, 0.5) is 0 Å². The van der Waals surface area contributed by atoms with E-state index in [-0.39, 0.29) is 11.9 Å². The molecule has 17 heavy (non-hydrogen) atoms. The summed E-state index contributed by atoms with van der Waals surface area (Å²) in [5, 5.41) is 0. The smallest absolute Gasteiger partial charge is 0.348 e. The number of methoxy groups -OCH3 is 2. The summed E-state index contributed by atoms with van der Waals surface area (Å²) >= 11 is 4.67. The molecule has 6 heteroatoms. The van der Waals surface area contributed by atoms with Crippen molar-refractivity contribution >= 4 is 39.2 Å². The highest BCUT2D eigenvalue weighted by Gasteiger charge is 2.54. The first-order valence-corrected chi connectivity index (χ1v) is 6.62. The molecular weight excluding hydrogens is 308 g/mol. The standard InChI is InChI=1S/C11H11BrO4S/c1-15-9(13)7-5-6(12)8(17-7)11(3-4-11)10(14)16-2/h5H,3-4H2,1-2H3. The Morgan fingerprint density at radius 2 is 2.00 bits per heavy atom. The van der Waals surface area contributed by atoms with Crippen LogP contribution in [-0.4, -0.2) is 26.2 Å². The Bertz CT molecular complexity index is 476. The van der Waals surface area contributed by atoms with Gasteiger partial charge in [0.2, 0.25) is 0 Å². The summed E-state index contributed by atoms with van der Waals surface area (Å²) in [5.41, 5.74) is -0.551. The molecule has 0 atom stereocenters. The number of halogens is 1. The van der Waals surface area contributed by atoms with Gasteiger partial charge in [-0.05, 0) is 34.8 Å². The summed E-state index contributed by atoms with van der Waals surface area (Å²) in [7, 11) is 2.72. The molecule has 0 spiro atoms. The Kier molecular flexibility index (Phi) is 3.27. The number of carbonyl (C=O) groups is 2. The van der Waals surface area contributed by atoms with Crippen molar-refractivity contribution in [2.24, 2.45) is 0 Å². The Hall–Kier alpha value is -0.880. The zero-order valence-electron chi connectivity index (χ0n) is 9.41. The van der Waals surface area contributed by atoms with Gasteiger partial charge in [-0.15, -0.1) is 11.3 Å². The second-order valence-electron chi connectivity index (χ2n) is 3.85. The third-order valence-corrected chi connectivity index (χ3v) is 5.04. The largest absolute Gasteiger partial charge is 0.468 e. The summed E-state index contributed by atoms with van der Waals surface area (Å²) < 4.78 is 10.2. The van der Waals surface area contributed by atoms with E-state index in [9.17, 15) is 9.59 Å². The summed E-state index contributed by atoms with van der Waals surface area (Å²) in [6, 6.07) is 1.69. The predicted molar refractivity (Wildman–Crippen MR) is 66.3 cm³/mol. The van der Waals surface area contributed by atoms with Crippen LogP contribution in [0.25, 0.3) is 0 Å². The molecule has 1 heterocycles. The van der Waals surface area contributed by atoms with Gasteiger partial charge in [0.25, 0.3) is 0 Å². The van der Waals surface area contributed by atoms with Gasteiger partial charge in [-0.1, -0.05) is 0 Å². The van der Waals surface area contributed by atoms with Gasteiger partial charge in [0.15, 0.2) is 0 Å². The zero-order valence-corrected chi connectivity index (χ0v) is 11.8. The molecule has 0 N–H and O–H groups in total. The van der Waals surface area contributed by atoms with Crippen molar-refractivity contribution in [2.45, 2.75) is 18.3 Å². The Morgan fingerprint density at radius 1 is 1.35 bits per heavy atom. The van der Waals surface area contributed by atoms with Crippen LogP contribution >= 0.6 is 27.3 Å². The van der Waals surface area contributed by atoms with E-state index in [4.69, 9.17) is 4.74 Å². The molecular formula is C11H11BrO4S. The second-order valence-corrected chi connectivity index (χ2v) is 5.76. The average molecular weight is 319 g/mol. The van der Waals surface area contributed by atoms with Crippen LogP contribution < -0.4 is 0 Å². The van der Waals surface area contributed by atoms with Gasteiger partial charge in [-0.2, -0.15) is 0 Å². The van der Waals surface area contributed by atoms with Gasteiger partial charge in [0.1, 0.15) is 10.3 Å². The molecule has 0 radical (unpaired) electrons. The number of thiophene rings is 1. The fourth-order valence-electron chi connectivity index (χ4n) is 1.74. The molecule has 1 aliphatic carbocycles. The van der Waals surface area contributed by atoms with E-state index < -0.39 is 5.41 Å². The molecule has 1 fully saturated rings. The summed E-state index contributed by atoms with van der Waals surface area (Å²) in [6.45, 7) is 0. The minimum atomic E-state index is -0.551. The summed E-state index contributed by atoms with van der Waals surface area (Å²) in [4.78, 5) is 24.5. The van der Waals surface area contributed by atoms with E-state index in [0.717, 1.165) is 22.2 Å². The lowest BCUT2D eigenvalue weighted by Gasteiger charge is -2.10.